The van der Waals surface area contributed by atoms with Crippen LogP contribution in [0.25, 0.3) is 0 Å². The van der Waals surface area contributed by atoms with Crippen molar-refractivity contribution in [3.8, 4) is 0 Å². The fourth-order valence-corrected chi connectivity index (χ4v) is 2.57. The molecule has 1 aromatic rings. The second-order valence-electron chi connectivity index (χ2n) is 4.67. The molecule has 1 atom stereocenters. The lowest BCUT2D eigenvalue weighted by Crippen LogP contribution is -2.22. The Hall–Kier alpha value is -0.160. The van der Waals surface area contributed by atoms with Gasteiger partial charge in [0.1, 0.15) is 0 Å². The minimum atomic E-state index is 0.342. The van der Waals surface area contributed by atoms with Crippen molar-refractivity contribution in [1.82, 2.24) is 10.2 Å². The van der Waals surface area contributed by atoms with E-state index in [0.29, 0.717) is 11.5 Å². The Morgan fingerprint density at radius 1 is 1.43 bits per heavy atom. The van der Waals surface area contributed by atoms with Crippen LogP contribution in [0.5, 0.6) is 0 Å². The third kappa shape index (κ3) is 4.37. The molecule has 0 saturated carbocycles. The molecule has 3 nitrogen and oxygen atoms in total. The normalized spacial score (nSPS) is 14.1. The van der Waals surface area contributed by atoms with Crippen LogP contribution in [0.15, 0.2) is 3.92 Å². The van der Waals surface area contributed by atoms with Crippen molar-refractivity contribution in [1.29, 1.82) is 0 Å². The van der Waals surface area contributed by atoms with Crippen molar-refractivity contribution in [3.05, 3.63) is 3.92 Å². The fourth-order valence-electron chi connectivity index (χ4n) is 1.44. The van der Waals surface area contributed by atoms with Crippen molar-refractivity contribution >= 4 is 32.4 Å². The molecule has 0 bridgehead atoms. The highest BCUT2D eigenvalue weighted by molar-refractivity contribution is 9.11. The lowest BCUT2D eigenvalue weighted by Gasteiger charge is -2.23. The smallest absolute Gasteiger partial charge is 0.206 e. The van der Waals surface area contributed by atoms with Crippen molar-refractivity contribution < 1.29 is 0 Å². The predicted molar refractivity (Wildman–Crippen MR) is 64.8 cm³/mol. The Labute approximate surface area is 97.5 Å². The van der Waals surface area contributed by atoms with Crippen molar-refractivity contribution in [2.75, 3.05) is 5.32 Å². The molecule has 1 rings (SSSR count). The maximum absolute atomic E-state index is 4.00. The minimum Gasteiger partial charge on any atom is -0.358 e. The SMILES string of the molecule is CC(CC(C)(C)C)Nc1nnc(Br)s1. The van der Waals surface area contributed by atoms with E-state index >= 15 is 0 Å². The average Bonchev–Trinajstić information content (AvgIpc) is 2.30. The van der Waals surface area contributed by atoms with Crippen molar-refractivity contribution in [3.63, 3.8) is 0 Å². The van der Waals surface area contributed by atoms with Gasteiger partial charge >= 0.3 is 0 Å². The first-order valence-electron chi connectivity index (χ1n) is 4.62. The molecule has 0 amide bonds. The number of halogens is 1. The van der Waals surface area contributed by atoms with Gasteiger partial charge in [0.15, 0.2) is 3.92 Å². The zero-order valence-corrected chi connectivity index (χ0v) is 11.4. The summed E-state index contributed by atoms with van der Waals surface area (Å²) in [6, 6.07) is 0.426. The number of anilines is 1. The van der Waals surface area contributed by atoms with E-state index in [1.807, 2.05) is 0 Å². The van der Waals surface area contributed by atoms with Gasteiger partial charge in [-0.2, -0.15) is 0 Å². The van der Waals surface area contributed by atoms with Gasteiger partial charge in [0.25, 0.3) is 0 Å². The fraction of sp³-hybridized carbons (Fsp3) is 0.778. The highest BCUT2D eigenvalue weighted by atomic mass is 79.9. The summed E-state index contributed by atoms with van der Waals surface area (Å²) >= 11 is 4.81. The first-order chi connectivity index (χ1) is 6.37. The summed E-state index contributed by atoms with van der Waals surface area (Å²) in [7, 11) is 0. The monoisotopic (exact) mass is 277 g/mol. The summed E-state index contributed by atoms with van der Waals surface area (Å²) in [5.74, 6) is 0. The molecule has 0 aliphatic carbocycles. The van der Waals surface area contributed by atoms with Gasteiger partial charge in [0.05, 0.1) is 0 Å². The van der Waals surface area contributed by atoms with Gasteiger partial charge in [-0.15, -0.1) is 10.2 Å². The van der Waals surface area contributed by atoms with Gasteiger partial charge in [-0.25, -0.2) is 0 Å². The molecule has 1 heterocycles. The van der Waals surface area contributed by atoms with E-state index in [-0.39, 0.29) is 0 Å². The van der Waals surface area contributed by atoms with Crippen LogP contribution in [0.3, 0.4) is 0 Å². The second kappa shape index (κ2) is 4.57. The van der Waals surface area contributed by atoms with Crippen LogP contribution >= 0.6 is 27.3 Å². The Morgan fingerprint density at radius 2 is 2.07 bits per heavy atom. The van der Waals surface area contributed by atoms with Crippen LogP contribution in [0.2, 0.25) is 0 Å². The number of nitrogens with one attached hydrogen (secondary N) is 1. The van der Waals surface area contributed by atoms with E-state index in [9.17, 15) is 0 Å². The third-order valence-electron chi connectivity index (χ3n) is 1.69. The number of hydrogen-bond donors (Lipinski definition) is 1. The number of hydrogen-bond acceptors (Lipinski definition) is 4. The Morgan fingerprint density at radius 3 is 2.50 bits per heavy atom. The van der Waals surface area contributed by atoms with E-state index < -0.39 is 0 Å². The molecule has 0 aromatic carbocycles. The Kier molecular flexibility index (Phi) is 3.89. The van der Waals surface area contributed by atoms with Crippen LogP contribution in [-0.2, 0) is 0 Å². The lowest BCUT2D eigenvalue weighted by atomic mass is 9.89. The van der Waals surface area contributed by atoms with E-state index in [1.165, 1.54) is 11.3 Å². The largest absolute Gasteiger partial charge is 0.358 e. The molecule has 0 spiro atoms. The second-order valence-corrected chi connectivity index (χ2v) is 6.92. The van der Waals surface area contributed by atoms with Gasteiger partial charge in [0.2, 0.25) is 5.13 Å². The predicted octanol–water partition coefficient (Wildman–Crippen LogP) is 3.54. The number of aromatic nitrogens is 2. The molecule has 0 aliphatic heterocycles. The van der Waals surface area contributed by atoms with E-state index in [0.717, 1.165) is 15.5 Å². The van der Waals surface area contributed by atoms with Gasteiger partial charge in [-0.3, -0.25) is 0 Å². The summed E-state index contributed by atoms with van der Waals surface area (Å²) in [4.78, 5) is 0. The van der Waals surface area contributed by atoms with Crippen LogP contribution < -0.4 is 5.32 Å². The van der Waals surface area contributed by atoms with Gasteiger partial charge in [-0.05, 0) is 34.7 Å². The zero-order valence-electron chi connectivity index (χ0n) is 8.97. The topological polar surface area (TPSA) is 37.8 Å². The molecule has 1 unspecified atom stereocenters. The van der Waals surface area contributed by atoms with E-state index in [1.54, 1.807) is 0 Å². The standard InChI is InChI=1S/C9H16BrN3S/c1-6(5-9(2,3)4)11-8-13-12-7(10)14-8/h6H,5H2,1-4H3,(H,11,13). The summed E-state index contributed by atoms with van der Waals surface area (Å²) in [6.07, 6.45) is 1.12. The van der Waals surface area contributed by atoms with Crippen LogP contribution in [-0.4, -0.2) is 16.2 Å². The molecular weight excluding hydrogens is 262 g/mol. The summed E-state index contributed by atoms with van der Waals surface area (Å²) in [5.41, 5.74) is 0.342. The molecule has 1 N–H and O–H groups in total. The maximum atomic E-state index is 4.00. The summed E-state index contributed by atoms with van der Waals surface area (Å²) < 4.78 is 0.822. The Bertz CT molecular complexity index is 292. The highest BCUT2D eigenvalue weighted by Crippen LogP contribution is 2.25. The van der Waals surface area contributed by atoms with E-state index in [4.69, 9.17) is 0 Å². The molecule has 0 aliphatic rings. The van der Waals surface area contributed by atoms with Gasteiger partial charge in [-0.1, -0.05) is 32.1 Å². The minimum absolute atomic E-state index is 0.342. The third-order valence-corrected chi connectivity index (χ3v) is 2.98. The molecule has 0 radical (unpaired) electrons. The highest BCUT2D eigenvalue weighted by Gasteiger charge is 2.15. The van der Waals surface area contributed by atoms with E-state index in [2.05, 4.69) is 59.1 Å². The van der Waals surface area contributed by atoms with Crippen LogP contribution in [0.4, 0.5) is 5.13 Å². The number of rotatable bonds is 3. The molecule has 80 valence electrons. The van der Waals surface area contributed by atoms with Crippen LogP contribution in [0.1, 0.15) is 34.1 Å². The zero-order chi connectivity index (χ0) is 10.8. The number of nitrogens with zero attached hydrogens (tertiary/aromatic N) is 2. The lowest BCUT2D eigenvalue weighted by molar-refractivity contribution is 0.358. The van der Waals surface area contributed by atoms with Crippen molar-refractivity contribution in [2.45, 2.75) is 40.2 Å². The van der Waals surface area contributed by atoms with Crippen LogP contribution in [0, 0.1) is 5.41 Å². The van der Waals surface area contributed by atoms with Crippen molar-refractivity contribution in [2.24, 2.45) is 5.41 Å². The molecule has 5 heteroatoms. The Balaban J connectivity index is 2.45. The summed E-state index contributed by atoms with van der Waals surface area (Å²) in [5, 5.41) is 12.1. The van der Waals surface area contributed by atoms with Gasteiger partial charge < -0.3 is 5.32 Å². The maximum Gasteiger partial charge on any atom is 0.206 e. The van der Waals surface area contributed by atoms with Gasteiger partial charge in [0, 0.05) is 6.04 Å². The summed E-state index contributed by atoms with van der Waals surface area (Å²) in [6.45, 7) is 8.88. The molecule has 14 heavy (non-hydrogen) atoms. The average molecular weight is 278 g/mol. The first kappa shape index (κ1) is 11.9. The molecular formula is C9H16BrN3S. The molecule has 0 fully saturated rings. The molecule has 0 saturated heterocycles. The quantitative estimate of drug-likeness (QED) is 0.919. The first-order valence-corrected chi connectivity index (χ1v) is 6.23. The molecule has 1 aromatic heterocycles.